The molecule has 2 aliphatic carbocycles. The second-order valence-electron chi connectivity index (χ2n) is 7.64. The number of allylic oxidation sites excluding steroid dienone is 4. The van der Waals surface area contributed by atoms with Gasteiger partial charge in [-0.3, -0.25) is 19.7 Å². The standard InChI is InChI=1S/C20H20N2O4/c1-9(2)16-12-5-6-13(16)18-17(12)19(23)21(20(18)24)14-7-10(3)11(4)8-15(14)22(25)26/h5-8,12-13,17-18H,1-4H3. The number of nitro benzene ring substituents is 1. The summed E-state index contributed by atoms with van der Waals surface area (Å²) in [5.41, 5.74) is 3.78. The van der Waals surface area contributed by atoms with Crippen LogP contribution >= 0.6 is 0 Å². The lowest BCUT2D eigenvalue weighted by molar-refractivity contribution is -0.384. The van der Waals surface area contributed by atoms with Crippen LogP contribution in [0.1, 0.15) is 25.0 Å². The monoisotopic (exact) mass is 352 g/mol. The summed E-state index contributed by atoms with van der Waals surface area (Å²) < 4.78 is 0. The molecule has 0 spiro atoms. The fourth-order valence-electron chi connectivity index (χ4n) is 4.78. The summed E-state index contributed by atoms with van der Waals surface area (Å²) in [4.78, 5) is 38.4. The Morgan fingerprint density at radius 3 is 1.96 bits per heavy atom. The zero-order valence-electron chi connectivity index (χ0n) is 15.1. The largest absolute Gasteiger partial charge is 0.293 e. The zero-order chi connectivity index (χ0) is 18.9. The molecule has 4 rings (SSSR count). The first-order valence-electron chi connectivity index (χ1n) is 8.73. The third kappa shape index (κ3) is 1.98. The highest BCUT2D eigenvalue weighted by Crippen LogP contribution is 2.57. The van der Waals surface area contributed by atoms with Crippen molar-refractivity contribution in [3.05, 3.63) is 56.7 Å². The molecule has 1 saturated carbocycles. The smallest absolute Gasteiger partial charge is 0.274 e. The number of nitrogens with zero attached hydrogens (tertiary/aromatic N) is 2. The maximum Gasteiger partial charge on any atom is 0.293 e. The minimum absolute atomic E-state index is 0.0675. The second-order valence-corrected chi connectivity index (χ2v) is 7.64. The molecule has 4 atom stereocenters. The van der Waals surface area contributed by atoms with Crippen LogP contribution < -0.4 is 4.90 Å². The molecular weight excluding hydrogens is 332 g/mol. The molecule has 1 aromatic carbocycles. The fourth-order valence-corrected chi connectivity index (χ4v) is 4.78. The summed E-state index contributed by atoms with van der Waals surface area (Å²) in [6.45, 7) is 7.61. The summed E-state index contributed by atoms with van der Waals surface area (Å²) in [6, 6.07) is 3.02. The van der Waals surface area contributed by atoms with Crippen molar-refractivity contribution >= 4 is 23.2 Å². The number of aryl methyl sites for hydroxylation is 2. The molecule has 0 radical (unpaired) electrons. The topological polar surface area (TPSA) is 80.5 Å². The Balaban J connectivity index is 1.83. The van der Waals surface area contributed by atoms with Crippen LogP contribution in [0.25, 0.3) is 0 Å². The van der Waals surface area contributed by atoms with Gasteiger partial charge in [-0.15, -0.1) is 0 Å². The maximum atomic E-state index is 13.2. The number of amides is 2. The summed E-state index contributed by atoms with van der Waals surface area (Å²) >= 11 is 0. The van der Waals surface area contributed by atoms with Gasteiger partial charge in [0.2, 0.25) is 11.8 Å². The third-order valence-corrected chi connectivity index (χ3v) is 6.02. The summed E-state index contributed by atoms with van der Waals surface area (Å²) in [7, 11) is 0. The van der Waals surface area contributed by atoms with Crippen molar-refractivity contribution in [2.45, 2.75) is 27.7 Å². The van der Waals surface area contributed by atoms with Crippen LogP contribution in [0.2, 0.25) is 0 Å². The minimum atomic E-state index is -0.523. The minimum Gasteiger partial charge on any atom is -0.274 e. The Hall–Kier alpha value is -2.76. The maximum absolute atomic E-state index is 13.2. The number of rotatable bonds is 2. The Labute approximate surface area is 151 Å². The highest BCUT2D eigenvalue weighted by molar-refractivity contribution is 6.24. The average molecular weight is 352 g/mol. The molecule has 26 heavy (non-hydrogen) atoms. The molecule has 1 heterocycles. The second kappa shape index (κ2) is 5.37. The Morgan fingerprint density at radius 1 is 1.00 bits per heavy atom. The first kappa shape index (κ1) is 16.7. The molecule has 4 unspecified atom stereocenters. The van der Waals surface area contributed by atoms with Crippen LogP contribution in [0.3, 0.4) is 0 Å². The van der Waals surface area contributed by atoms with Gasteiger partial charge in [0.15, 0.2) is 0 Å². The van der Waals surface area contributed by atoms with E-state index in [1.54, 1.807) is 13.0 Å². The molecule has 6 nitrogen and oxygen atoms in total. The molecule has 0 N–H and O–H groups in total. The van der Waals surface area contributed by atoms with E-state index in [0.29, 0.717) is 0 Å². The van der Waals surface area contributed by atoms with Crippen LogP contribution in [0.5, 0.6) is 0 Å². The predicted octanol–water partition coefficient (Wildman–Crippen LogP) is 3.47. The Kier molecular flexibility index (Phi) is 3.45. The zero-order valence-corrected chi connectivity index (χ0v) is 15.1. The molecule has 2 fully saturated rings. The van der Waals surface area contributed by atoms with Gasteiger partial charge in [0.05, 0.1) is 16.8 Å². The van der Waals surface area contributed by atoms with Crippen LogP contribution in [-0.4, -0.2) is 16.7 Å². The third-order valence-electron chi connectivity index (χ3n) is 6.02. The van der Waals surface area contributed by atoms with Gasteiger partial charge in [-0.05, 0) is 44.9 Å². The lowest BCUT2D eigenvalue weighted by Crippen LogP contribution is -2.34. The van der Waals surface area contributed by atoms with E-state index in [-0.39, 0.29) is 35.0 Å². The van der Waals surface area contributed by atoms with Crippen molar-refractivity contribution in [1.29, 1.82) is 0 Å². The molecule has 1 aromatic rings. The highest BCUT2D eigenvalue weighted by Gasteiger charge is 2.62. The normalized spacial score (nSPS) is 28.9. The van der Waals surface area contributed by atoms with E-state index in [2.05, 4.69) is 0 Å². The van der Waals surface area contributed by atoms with Crippen LogP contribution in [-0.2, 0) is 9.59 Å². The van der Waals surface area contributed by atoms with Gasteiger partial charge < -0.3 is 0 Å². The van der Waals surface area contributed by atoms with E-state index in [9.17, 15) is 19.7 Å². The quantitative estimate of drug-likeness (QED) is 0.353. The Bertz CT molecular complexity index is 905. The number of imide groups is 1. The summed E-state index contributed by atoms with van der Waals surface area (Å²) in [5, 5.41) is 11.5. The number of benzene rings is 1. The Morgan fingerprint density at radius 2 is 1.50 bits per heavy atom. The van der Waals surface area contributed by atoms with E-state index in [4.69, 9.17) is 0 Å². The van der Waals surface area contributed by atoms with Crippen molar-refractivity contribution < 1.29 is 14.5 Å². The molecule has 2 bridgehead atoms. The lowest BCUT2D eigenvalue weighted by Gasteiger charge is -2.20. The average Bonchev–Trinajstić information content (AvgIpc) is 3.20. The number of anilines is 1. The molecule has 134 valence electrons. The number of hydrogen-bond acceptors (Lipinski definition) is 4. The van der Waals surface area contributed by atoms with E-state index in [0.717, 1.165) is 27.2 Å². The number of hydrogen-bond donors (Lipinski definition) is 0. The van der Waals surface area contributed by atoms with Crippen LogP contribution in [0.4, 0.5) is 11.4 Å². The van der Waals surface area contributed by atoms with E-state index in [1.807, 2.05) is 32.9 Å². The van der Waals surface area contributed by atoms with Gasteiger partial charge in [0.25, 0.3) is 5.69 Å². The van der Waals surface area contributed by atoms with Gasteiger partial charge in [0, 0.05) is 17.9 Å². The van der Waals surface area contributed by atoms with Gasteiger partial charge >= 0.3 is 0 Å². The predicted molar refractivity (Wildman–Crippen MR) is 96.5 cm³/mol. The number of carbonyl (C=O) groups is 2. The van der Waals surface area contributed by atoms with Gasteiger partial charge in [-0.25, -0.2) is 4.90 Å². The van der Waals surface area contributed by atoms with Crippen molar-refractivity contribution in [3.8, 4) is 0 Å². The highest BCUT2D eigenvalue weighted by atomic mass is 16.6. The van der Waals surface area contributed by atoms with E-state index >= 15 is 0 Å². The first-order chi connectivity index (χ1) is 12.2. The molecule has 1 saturated heterocycles. The molecule has 0 aromatic heterocycles. The summed E-state index contributed by atoms with van der Waals surface area (Å²) in [5.74, 6) is -1.65. The number of fused-ring (bicyclic) bond motifs is 5. The molecule has 2 amide bonds. The van der Waals surface area contributed by atoms with Gasteiger partial charge in [0.1, 0.15) is 5.69 Å². The van der Waals surface area contributed by atoms with Crippen molar-refractivity contribution in [2.24, 2.45) is 23.7 Å². The van der Waals surface area contributed by atoms with E-state index < -0.39 is 16.8 Å². The van der Waals surface area contributed by atoms with Crippen LogP contribution in [0, 0.1) is 47.6 Å². The molecular formula is C20H20N2O4. The van der Waals surface area contributed by atoms with Gasteiger partial charge in [-0.2, -0.15) is 0 Å². The lowest BCUT2D eigenvalue weighted by atomic mass is 9.85. The van der Waals surface area contributed by atoms with E-state index in [1.165, 1.54) is 6.07 Å². The first-order valence-corrected chi connectivity index (χ1v) is 8.73. The fraction of sp³-hybridized carbons (Fsp3) is 0.400. The van der Waals surface area contributed by atoms with Gasteiger partial charge in [-0.1, -0.05) is 23.3 Å². The molecule has 6 heteroatoms. The van der Waals surface area contributed by atoms with Crippen LogP contribution in [0.15, 0.2) is 35.4 Å². The van der Waals surface area contributed by atoms with Crippen molar-refractivity contribution in [2.75, 3.05) is 4.90 Å². The number of nitro groups is 1. The SMILES string of the molecule is CC(C)=C1C2C=CC1C1C(=O)N(c3cc(C)c(C)cc3[N+](=O)[O-])C(=O)C21. The molecule has 3 aliphatic rings. The van der Waals surface area contributed by atoms with Crippen molar-refractivity contribution in [1.82, 2.24) is 0 Å². The van der Waals surface area contributed by atoms with Crippen molar-refractivity contribution in [3.63, 3.8) is 0 Å². The summed E-state index contributed by atoms with van der Waals surface area (Å²) in [6.07, 6.45) is 4.02. The molecule has 1 aliphatic heterocycles. The number of carbonyl (C=O) groups excluding carboxylic acids is 2.